The van der Waals surface area contributed by atoms with Gasteiger partial charge in [-0.3, -0.25) is 9.59 Å². The molecule has 3 N–H and O–H groups in total. The first kappa shape index (κ1) is 18.1. The molecule has 5 nitrogen and oxygen atoms in total. The van der Waals surface area contributed by atoms with Crippen molar-refractivity contribution in [2.45, 2.75) is 13.5 Å². The number of halogens is 1. The molecule has 1 unspecified atom stereocenters. The van der Waals surface area contributed by atoms with Crippen molar-refractivity contribution in [3.8, 4) is 0 Å². The van der Waals surface area contributed by atoms with Gasteiger partial charge in [0.1, 0.15) is 5.82 Å². The largest absolute Gasteiger partial charge is 0.346 e. The Morgan fingerprint density at radius 2 is 1.83 bits per heavy atom. The molecule has 2 aromatic rings. The molecule has 0 fully saturated rings. The third-order valence-corrected chi connectivity index (χ3v) is 4.37. The van der Waals surface area contributed by atoms with E-state index in [1.807, 2.05) is 24.4 Å². The van der Waals surface area contributed by atoms with Crippen molar-refractivity contribution in [3.63, 3.8) is 0 Å². The molecule has 2 rings (SSSR count). The zero-order chi connectivity index (χ0) is 17.4. The van der Waals surface area contributed by atoms with Crippen molar-refractivity contribution < 1.29 is 18.9 Å². The van der Waals surface area contributed by atoms with Gasteiger partial charge in [-0.25, -0.2) is 4.39 Å². The van der Waals surface area contributed by atoms with Crippen LogP contribution in [0.15, 0.2) is 41.8 Å². The fraction of sp³-hybridized carbons (Fsp3) is 0.294. The van der Waals surface area contributed by atoms with Crippen molar-refractivity contribution >= 4 is 28.8 Å². The molecular formula is C17H21FN3O2S+. The van der Waals surface area contributed by atoms with E-state index in [1.54, 1.807) is 11.3 Å². The Hall–Kier alpha value is -2.25. The Morgan fingerprint density at radius 1 is 1.12 bits per heavy atom. The Morgan fingerprint density at radius 3 is 2.46 bits per heavy atom. The first-order valence-corrected chi connectivity index (χ1v) is 8.63. The molecule has 24 heavy (non-hydrogen) atoms. The van der Waals surface area contributed by atoms with Crippen molar-refractivity contribution in [2.75, 3.05) is 25.0 Å². The summed E-state index contributed by atoms with van der Waals surface area (Å²) in [5, 5.41) is 7.52. The second-order valence-electron chi connectivity index (χ2n) is 5.37. The number of hydrogen-bond acceptors (Lipinski definition) is 3. The van der Waals surface area contributed by atoms with E-state index >= 15 is 0 Å². The van der Waals surface area contributed by atoms with Crippen LogP contribution in [0.1, 0.15) is 11.8 Å². The van der Waals surface area contributed by atoms with E-state index in [4.69, 9.17) is 0 Å². The van der Waals surface area contributed by atoms with Crippen LogP contribution >= 0.6 is 11.3 Å². The normalized spacial score (nSPS) is 11.8. The number of thiophene rings is 1. The first-order valence-electron chi connectivity index (χ1n) is 7.75. The molecule has 0 aliphatic carbocycles. The van der Waals surface area contributed by atoms with Gasteiger partial charge in [0.15, 0.2) is 13.1 Å². The lowest BCUT2D eigenvalue weighted by Crippen LogP contribution is -3.13. The van der Waals surface area contributed by atoms with Crippen LogP contribution in [0.2, 0.25) is 0 Å². The number of amides is 2. The SMILES string of the molecule is CC[NH+](CC(=O)NCc1cccs1)CC(=O)Nc1ccc(F)cc1. The summed E-state index contributed by atoms with van der Waals surface area (Å²) in [4.78, 5) is 26.0. The maximum absolute atomic E-state index is 12.8. The Labute approximate surface area is 144 Å². The summed E-state index contributed by atoms with van der Waals surface area (Å²) in [6, 6.07) is 9.50. The lowest BCUT2D eigenvalue weighted by Gasteiger charge is -2.16. The van der Waals surface area contributed by atoms with Gasteiger partial charge in [-0.1, -0.05) is 6.07 Å². The van der Waals surface area contributed by atoms with Gasteiger partial charge in [0.05, 0.1) is 13.1 Å². The van der Waals surface area contributed by atoms with E-state index < -0.39 is 0 Å². The minimum absolute atomic E-state index is 0.0881. The topological polar surface area (TPSA) is 62.6 Å². The number of carbonyl (C=O) groups is 2. The second-order valence-corrected chi connectivity index (χ2v) is 6.40. The molecule has 1 heterocycles. The zero-order valence-corrected chi connectivity index (χ0v) is 14.3. The highest BCUT2D eigenvalue weighted by molar-refractivity contribution is 7.09. The van der Waals surface area contributed by atoms with E-state index in [9.17, 15) is 14.0 Å². The number of hydrogen-bond donors (Lipinski definition) is 3. The van der Waals surface area contributed by atoms with Gasteiger partial charge < -0.3 is 15.5 Å². The Bertz CT molecular complexity index is 659. The van der Waals surface area contributed by atoms with E-state index in [0.29, 0.717) is 18.8 Å². The van der Waals surface area contributed by atoms with Gasteiger partial charge in [-0.2, -0.15) is 0 Å². The van der Waals surface area contributed by atoms with Crippen LogP contribution in [-0.2, 0) is 16.1 Å². The van der Waals surface area contributed by atoms with E-state index in [1.165, 1.54) is 24.3 Å². The smallest absolute Gasteiger partial charge is 0.279 e. The molecule has 0 saturated carbocycles. The molecule has 0 bridgehead atoms. The Kier molecular flexibility index (Phi) is 6.89. The molecule has 1 atom stereocenters. The fourth-order valence-electron chi connectivity index (χ4n) is 2.17. The van der Waals surface area contributed by atoms with Crippen LogP contribution in [0, 0.1) is 5.82 Å². The lowest BCUT2D eigenvalue weighted by molar-refractivity contribution is -0.881. The van der Waals surface area contributed by atoms with Gasteiger partial charge in [-0.05, 0) is 42.6 Å². The number of benzene rings is 1. The van der Waals surface area contributed by atoms with Gasteiger partial charge in [0, 0.05) is 10.6 Å². The van der Waals surface area contributed by atoms with Crippen LogP contribution in [0.3, 0.4) is 0 Å². The van der Waals surface area contributed by atoms with Crippen molar-refractivity contribution in [1.82, 2.24) is 5.32 Å². The van der Waals surface area contributed by atoms with Crippen LogP contribution in [-0.4, -0.2) is 31.4 Å². The van der Waals surface area contributed by atoms with Gasteiger partial charge >= 0.3 is 0 Å². The minimum atomic E-state index is -0.351. The maximum atomic E-state index is 12.8. The predicted octanol–water partition coefficient (Wildman–Crippen LogP) is 1.05. The quantitative estimate of drug-likeness (QED) is 0.666. The first-order chi connectivity index (χ1) is 11.6. The summed E-state index contributed by atoms with van der Waals surface area (Å²) in [7, 11) is 0. The monoisotopic (exact) mass is 350 g/mol. The fourth-order valence-corrected chi connectivity index (χ4v) is 2.81. The maximum Gasteiger partial charge on any atom is 0.279 e. The summed E-state index contributed by atoms with van der Waals surface area (Å²) in [6.45, 7) is 3.50. The number of rotatable bonds is 8. The molecule has 1 aromatic carbocycles. The molecule has 7 heteroatoms. The molecule has 0 aliphatic heterocycles. The minimum Gasteiger partial charge on any atom is -0.346 e. The van der Waals surface area contributed by atoms with E-state index in [-0.39, 0.29) is 30.7 Å². The van der Waals surface area contributed by atoms with Gasteiger partial charge in [-0.15, -0.1) is 11.3 Å². The average Bonchev–Trinajstić information content (AvgIpc) is 3.08. The molecule has 0 saturated heterocycles. The summed E-state index contributed by atoms with van der Waals surface area (Å²) >= 11 is 1.59. The number of likely N-dealkylation sites (N-methyl/N-ethyl adjacent to an activating group) is 1. The molecule has 0 spiro atoms. The summed E-state index contributed by atoms with van der Waals surface area (Å²) < 4.78 is 12.8. The third-order valence-electron chi connectivity index (χ3n) is 3.49. The van der Waals surface area contributed by atoms with Crippen LogP contribution in [0.4, 0.5) is 10.1 Å². The molecule has 128 valence electrons. The average molecular weight is 350 g/mol. The molecular weight excluding hydrogens is 329 g/mol. The number of nitrogens with one attached hydrogen (secondary N) is 3. The van der Waals surface area contributed by atoms with E-state index in [0.717, 1.165) is 9.78 Å². The van der Waals surface area contributed by atoms with Crippen LogP contribution in [0.5, 0.6) is 0 Å². The summed E-state index contributed by atoms with van der Waals surface area (Å²) in [5.41, 5.74) is 0.541. The lowest BCUT2D eigenvalue weighted by atomic mass is 10.3. The Balaban J connectivity index is 1.76. The van der Waals surface area contributed by atoms with Crippen LogP contribution < -0.4 is 15.5 Å². The number of quaternary nitrogens is 1. The molecule has 0 aliphatic rings. The van der Waals surface area contributed by atoms with E-state index in [2.05, 4.69) is 10.6 Å². The predicted molar refractivity (Wildman–Crippen MR) is 92.4 cm³/mol. The highest BCUT2D eigenvalue weighted by atomic mass is 32.1. The summed E-state index contributed by atoms with van der Waals surface area (Å²) in [6.07, 6.45) is 0. The zero-order valence-electron chi connectivity index (χ0n) is 13.5. The highest BCUT2D eigenvalue weighted by Gasteiger charge is 2.16. The second kappa shape index (κ2) is 9.14. The third kappa shape index (κ3) is 6.10. The molecule has 0 radical (unpaired) electrons. The van der Waals surface area contributed by atoms with Crippen LogP contribution in [0.25, 0.3) is 0 Å². The van der Waals surface area contributed by atoms with Gasteiger partial charge in [0.25, 0.3) is 11.8 Å². The van der Waals surface area contributed by atoms with Crippen molar-refractivity contribution in [3.05, 3.63) is 52.5 Å². The van der Waals surface area contributed by atoms with Gasteiger partial charge in [0.2, 0.25) is 0 Å². The number of carbonyl (C=O) groups excluding carboxylic acids is 2. The number of anilines is 1. The highest BCUT2D eigenvalue weighted by Crippen LogP contribution is 2.08. The standard InChI is InChI=1S/C17H20FN3O2S/c1-2-21(11-16(22)19-10-15-4-3-9-24-15)12-17(23)20-14-7-5-13(18)6-8-14/h3-9H,2,10-12H2,1H3,(H,19,22)(H,20,23)/p+1. The molecule has 1 aromatic heterocycles. The summed E-state index contributed by atoms with van der Waals surface area (Å²) in [5.74, 6) is -0.643. The molecule has 2 amide bonds. The van der Waals surface area contributed by atoms with Crippen molar-refractivity contribution in [2.24, 2.45) is 0 Å². The van der Waals surface area contributed by atoms with Crippen molar-refractivity contribution in [1.29, 1.82) is 0 Å².